The lowest BCUT2D eigenvalue weighted by molar-refractivity contribution is 0.0921. The minimum absolute atomic E-state index is 0.183. The number of H-pyrrole nitrogens is 1. The first-order valence-corrected chi connectivity index (χ1v) is 9.08. The van der Waals surface area contributed by atoms with Crippen molar-refractivity contribution in [1.29, 1.82) is 0 Å². The summed E-state index contributed by atoms with van der Waals surface area (Å²) < 4.78 is 5.53. The van der Waals surface area contributed by atoms with Crippen LogP contribution in [0.2, 0.25) is 0 Å². The number of carbonyl (C=O) groups is 1. The zero-order valence-corrected chi connectivity index (χ0v) is 13.6. The van der Waals surface area contributed by atoms with Crippen LogP contribution in [-0.2, 0) is 25.1 Å². The number of carbonyl (C=O) groups excluding carboxylic acids is 1. The van der Waals surface area contributed by atoms with Crippen LogP contribution in [0, 0.1) is 0 Å². The van der Waals surface area contributed by atoms with E-state index in [0.717, 1.165) is 30.0 Å². The molecule has 22 heavy (non-hydrogen) atoms. The Balaban J connectivity index is 1.62. The number of furan rings is 1. The summed E-state index contributed by atoms with van der Waals surface area (Å²) >= 11 is 1.67. The quantitative estimate of drug-likeness (QED) is 0.831. The van der Waals surface area contributed by atoms with Crippen LogP contribution in [0.4, 0.5) is 0 Å². The van der Waals surface area contributed by atoms with Crippen molar-refractivity contribution < 1.29 is 9.21 Å². The fourth-order valence-electron chi connectivity index (χ4n) is 2.84. The van der Waals surface area contributed by atoms with Crippen molar-refractivity contribution in [2.24, 2.45) is 0 Å². The van der Waals surface area contributed by atoms with Gasteiger partial charge in [0.15, 0.2) is 5.76 Å². The Morgan fingerprint density at radius 1 is 1.36 bits per heavy atom. The van der Waals surface area contributed by atoms with Gasteiger partial charge in [0, 0.05) is 5.69 Å². The zero-order chi connectivity index (χ0) is 15.4. The first kappa shape index (κ1) is 15.2. The van der Waals surface area contributed by atoms with Crippen LogP contribution in [0.5, 0.6) is 0 Å². The monoisotopic (exact) mass is 319 g/mol. The van der Waals surface area contributed by atoms with Crippen LogP contribution in [0.3, 0.4) is 0 Å². The van der Waals surface area contributed by atoms with Gasteiger partial charge in [-0.15, -0.1) is 0 Å². The molecular formula is C16H21N3O2S. The van der Waals surface area contributed by atoms with Crippen LogP contribution < -0.4 is 5.32 Å². The number of hydrogen-bond acceptors (Lipinski definition) is 4. The number of fused-ring (bicyclic) bond motifs is 1. The predicted octanol–water partition coefficient (Wildman–Crippen LogP) is 3.06. The second kappa shape index (κ2) is 7.05. The minimum Gasteiger partial charge on any atom is -0.455 e. The van der Waals surface area contributed by atoms with Crippen LogP contribution in [0.15, 0.2) is 16.5 Å². The first-order valence-electron chi connectivity index (χ1n) is 7.68. The maximum Gasteiger partial charge on any atom is 0.287 e. The van der Waals surface area contributed by atoms with Crippen molar-refractivity contribution in [2.45, 2.75) is 44.4 Å². The van der Waals surface area contributed by atoms with E-state index in [2.05, 4.69) is 15.5 Å². The third kappa shape index (κ3) is 3.38. The summed E-state index contributed by atoms with van der Waals surface area (Å²) in [6.45, 7) is 0.448. The van der Waals surface area contributed by atoms with E-state index in [0.29, 0.717) is 12.3 Å². The molecule has 2 aromatic rings. The summed E-state index contributed by atoms with van der Waals surface area (Å²) in [5, 5.41) is 10.4. The SMILES string of the molecule is CSCc1ccc(C(=O)NCc2n[nH]c3c2CCCCC3)o1. The summed E-state index contributed by atoms with van der Waals surface area (Å²) in [7, 11) is 0. The molecule has 1 aliphatic carbocycles. The van der Waals surface area contributed by atoms with Crippen molar-refractivity contribution in [3.05, 3.63) is 40.6 Å². The van der Waals surface area contributed by atoms with Crippen LogP contribution in [0.1, 0.15) is 52.5 Å². The van der Waals surface area contributed by atoms with Gasteiger partial charge in [0.05, 0.1) is 18.0 Å². The molecule has 0 fully saturated rings. The third-order valence-corrected chi connectivity index (χ3v) is 4.55. The van der Waals surface area contributed by atoms with Crippen molar-refractivity contribution in [3.63, 3.8) is 0 Å². The van der Waals surface area contributed by atoms with Gasteiger partial charge in [-0.25, -0.2) is 0 Å². The van der Waals surface area contributed by atoms with Gasteiger partial charge in [0.1, 0.15) is 5.76 Å². The highest BCUT2D eigenvalue weighted by molar-refractivity contribution is 7.97. The Morgan fingerprint density at radius 3 is 3.09 bits per heavy atom. The molecule has 118 valence electrons. The van der Waals surface area contributed by atoms with Gasteiger partial charge in [-0.05, 0) is 49.6 Å². The third-order valence-electron chi connectivity index (χ3n) is 3.98. The maximum absolute atomic E-state index is 12.1. The summed E-state index contributed by atoms with van der Waals surface area (Å²) in [4.78, 5) is 12.1. The molecule has 1 amide bonds. The lowest BCUT2D eigenvalue weighted by Crippen LogP contribution is -2.23. The molecule has 0 aliphatic heterocycles. The lowest BCUT2D eigenvalue weighted by atomic mass is 10.1. The van der Waals surface area contributed by atoms with Gasteiger partial charge in [-0.3, -0.25) is 9.89 Å². The second-order valence-electron chi connectivity index (χ2n) is 5.57. The molecule has 5 nitrogen and oxygen atoms in total. The number of nitrogens with zero attached hydrogens (tertiary/aromatic N) is 1. The van der Waals surface area contributed by atoms with Crippen molar-refractivity contribution >= 4 is 17.7 Å². The maximum atomic E-state index is 12.1. The first-order chi connectivity index (χ1) is 10.8. The highest BCUT2D eigenvalue weighted by Gasteiger charge is 2.17. The van der Waals surface area contributed by atoms with E-state index in [1.54, 1.807) is 17.8 Å². The van der Waals surface area contributed by atoms with Gasteiger partial charge >= 0.3 is 0 Å². The molecule has 0 saturated carbocycles. The number of aromatic amines is 1. The van der Waals surface area contributed by atoms with Gasteiger partial charge in [0.2, 0.25) is 0 Å². The van der Waals surface area contributed by atoms with Gasteiger partial charge in [-0.2, -0.15) is 16.9 Å². The molecule has 0 aromatic carbocycles. The van der Waals surface area contributed by atoms with Crippen LogP contribution in [0.25, 0.3) is 0 Å². The average Bonchev–Trinajstić information content (AvgIpc) is 3.07. The van der Waals surface area contributed by atoms with E-state index < -0.39 is 0 Å². The molecule has 1 aliphatic rings. The van der Waals surface area contributed by atoms with Gasteiger partial charge < -0.3 is 9.73 Å². The predicted molar refractivity (Wildman–Crippen MR) is 86.9 cm³/mol. The number of rotatable bonds is 5. The largest absolute Gasteiger partial charge is 0.455 e. The molecule has 2 N–H and O–H groups in total. The molecular weight excluding hydrogens is 298 g/mol. The molecule has 0 atom stereocenters. The normalized spacial score (nSPS) is 14.4. The Bertz CT molecular complexity index is 648. The number of amides is 1. The van der Waals surface area contributed by atoms with E-state index in [-0.39, 0.29) is 5.91 Å². The zero-order valence-electron chi connectivity index (χ0n) is 12.8. The fraction of sp³-hybridized carbons (Fsp3) is 0.500. The number of nitrogens with one attached hydrogen (secondary N) is 2. The van der Waals surface area contributed by atoms with Crippen LogP contribution >= 0.6 is 11.8 Å². The number of hydrogen-bond donors (Lipinski definition) is 2. The molecule has 2 heterocycles. The number of aryl methyl sites for hydroxylation is 1. The summed E-state index contributed by atoms with van der Waals surface area (Å²) in [5.74, 6) is 1.79. The van der Waals surface area contributed by atoms with Crippen molar-refractivity contribution in [2.75, 3.05) is 6.26 Å². The van der Waals surface area contributed by atoms with Crippen molar-refractivity contribution in [3.8, 4) is 0 Å². The lowest BCUT2D eigenvalue weighted by Gasteiger charge is -2.04. The van der Waals surface area contributed by atoms with Gasteiger partial charge in [-0.1, -0.05) is 6.42 Å². The molecule has 6 heteroatoms. The average molecular weight is 319 g/mol. The standard InChI is InChI=1S/C16H21N3O2S/c1-22-10-11-7-8-15(21-11)16(20)17-9-14-12-5-3-2-4-6-13(12)18-19-14/h7-8H,2-6,9-10H2,1H3,(H,17,20)(H,18,19). The summed E-state index contributed by atoms with van der Waals surface area (Å²) in [5.41, 5.74) is 3.49. The van der Waals surface area contributed by atoms with E-state index in [4.69, 9.17) is 4.42 Å². The number of thioether (sulfide) groups is 1. The Labute approximate surface area is 134 Å². The minimum atomic E-state index is -0.183. The van der Waals surface area contributed by atoms with E-state index in [1.165, 1.54) is 30.5 Å². The molecule has 2 aromatic heterocycles. The highest BCUT2D eigenvalue weighted by Crippen LogP contribution is 2.21. The summed E-state index contributed by atoms with van der Waals surface area (Å²) in [6.07, 6.45) is 7.79. The van der Waals surface area contributed by atoms with E-state index in [9.17, 15) is 4.79 Å². The molecule has 0 saturated heterocycles. The highest BCUT2D eigenvalue weighted by atomic mass is 32.2. The summed E-state index contributed by atoms with van der Waals surface area (Å²) in [6, 6.07) is 3.58. The molecule has 0 radical (unpaired) electrons. The van der Waals surface area contributed by atoms with Crippen molar-refractivity contribution in [1.82, 2.24) is 15.5 Å². The molecule has 0 unspecified atom stereocenters. The Morgan fingerprint density at radius 2 is 2.23 bits per heavy atom. The molecule has 0 spiro atoms. The second-order valence-corrected chi connectivity index (χ2v) is 6.44. The number of aromatic nitrogens is 2. The van der Waals surface area contributed by atoms with Crippen LogP contribution in [-0.4, -0.2) is 22.4 Å². The smallest absolute Gasteiger partial charge is 0.287 e. The van der Waals surface area contributed by atoms with E-state index >= 15 is 0 Å². The van der Waals surface area contributed by atoms with Gasteiger partial charge in [0.25, 0.3) is 5.91 Å². The Hall–Kier alpha value is -1.69. The fourth-order valence-corrected chi connectivity index (χ4v) is 3.28. The molecule has 3 rings (SSSR count). The Kier molecular flexibility index (Phi) is 4.87. The topological polar surface area (TPSA) is 70.9 Å². The van der Waals surface area contributed by atoms with E-state index in [1.807, 2.05) is 12.3 Å². The molecule has 0 bridgehead atoms.